The van der Waals surface area contributed by atoms with Crippen molar-refractivity contribution in [3.63, 3.8) is 0 Å². The standard InChI is InChI=1S/C20H20N2O7/c23-9-15(18(26)19(27)16(25)10-24)22-12-5-4-11-7-13(14-3-1-2-6-21-14)20(28)29-17(11)8-12/h1-9,15-16,18-19,22,24-27H,10H2/t15-,16+,18+,19+/m1/s1. The van der Waals surface area contributed by atoms with Gasteiger partial charge in [-0.3, -0.25) is 4.98 Å². The van der Waals surface area contributed by atoms with Gasteiger partial charge in [0.1, 0.15) is 36.2 Å². The molecule has 0 aliphatic heterocycles. The van der Waals surface area contributed by atoms with Gasteiger partial charge in [-0.1, -0.05) is 6.07 Å². The summed E-state index contributed by atoms with van der Waals surface area (Å²) in [5.41, 5.74) is 0.789. The van der Waals surface area contributed by atoms with Crippen LogP contribution in [0.5, 0.6) is 0 Å². The van der Waals surface area contributed by atoms with Gasteiger partial charge in [-0.2, -0.15) is 0 Å². The number of rotatable bonds is 8. The highest BCUT2D eigenvalue weighted by molar-refractivity contribution is 5.84. The monoisotopic (exact) mass is 400 g/mol. The summed E-state index contributed by atoms with van der Waals surface area (Å²) in [5.74, 6) is 0. The molecule has 0 unspecified atom stereocenters. The van der Waals surface area contributed by atoms with Crippen LogP contribution in [0.3, 0.4) is 0 Å². The molecule has 5 N–H and O–H groups in total. The fraction of sp³-hybridized carbons (Fsp3) is 0.250. The lowest BCUT2D eigenvalue weighted by Crippen LogP contribution is -2.49. The number of nitrogens with one attached hydrogen (secondary N) is 1. The van der Waals surface area contributed by atoms with Crippen LogP contribution in [-0.4, -0.2) is 62.7 Å². The molecule has 2 heterocycles. The third-order valence-electron chi connectivity index (χ3n) is 4.46. The lowest BCUT2D eigenvalue weighted by Gasteiger charge is -2.26. The molecule has 0 radical (unpaired) electrons. The minimum Gasteiger partial charge on any atom is -0.422 e. The van der Waals surface area contributed by atoms with Gasteiger partial charge in [0.2, 0.25) is 0 Å². The van der Waals surface area contributed by atoms with E-state index in [1.807, 2.05) is 0 Å². The second kappa shape index (κ2) is 8.93. The van der Waals surface area contributed by atoms with E-state index in [0.29, 0.717) is 28.6 Å². The number of carbonyl (C=O) groups is 1. The number of hydrogen-bond donors (Lipinski definition) is 5. The fourth-order valence-corrected chi connectivity index (χ4v) is 2.84. The van der Waals surface area contributed by atoms with E-state index < -0.39 is 36.6 Å². The summed E-state index contributed by atoms with van der Waals surface area (Å²) in [4.78, 5) is 27.8. The summed E-state index contributed by atoms with van der Waals surface area (Å²) >= 11 is 0. The van der Waals surface area contributed by atoms with Crippen molar-refractivity contribution in [1.82, 2.24) is 4.98 Å². The van der Waals surface area contributed by atoms with Gasteiger partial charge in [0, 0.05) is 23.3 Å². The van der Waals surface area contributed by atoms with Gasteiger partial charge in [-0.15, -0.1) is 0 Å². The molecule has 29 heavy (non-hydrogen) atoms. The summed E-state index contributed by atoms with van der Waals surface area (Å²) < 4.78 is 5.36. The summed E-state index contributed by atoms with van der Waals surface area (Å²) in [6.45, 7) is -0.774. The van der Waals surface area contributed by atoms with Crippen LogP contribution in [0.25, 0.3) is 22.2 Å². The molecule has 2 aromatic heterocycles. The van der Waals surface area contributed by atoms with Crippen LogP contribution in [0.4, 0.5) is 5.69 Å². The number of pyridine rings is 1. The van der Waals surface area contributed by atoms with Crippen LogP contribution in [0.2, 0.25) is 0 Å². The first kappa shape index (κ1) is 20.6. The number of aldehydes is 1. The summed E-state index contributed by atoms with van der Waals surface area (Å²) in [6, 6.07) is 10.3. The average Bonchev–Trinajstić information content (AvgIpc) is 2.75. The van der Waals surface area contributed by atoms with Gasteiger partial charge in [-0.25, -0.2) is 4.79 Å². The molecule has 0 spiro atoms. The molecule has 3 aromatic rings. The zero-order valence-corrected chi connectivity index (χ0v) is 15.2. The molecule has 0 amide bonds. The Bertz CT molecular complexity index is 1040. The molecule has 9 nitrogen and oxygen atoms in total. The van der Waals surface area contributed by atoms with E-state index in [1.165, 1.54) is 6.07 Å². The van der Waals surface area contributed by atoms with Crippen LogP contribution < -0.4 is 10.9 Å². The number of anilines is 1. The van der Waals surface area contributed by atoms with E-state index in [4.69, 9.17) is 9.52 Å². The van der Waals surface area contributed by atoms with Gasteiger partial charge < -0.3 is 35.0 Å². The number of nitrogens with zero attached hydrogens (tertiary/aromatic N) is 1. The van der Waals surface area contributed by atoms with Crippen molar-refractivity contribution < 1.29 is 29.6 Å². The second-order valence-electron chi connectivity index (χ2n) is 6.45. The van der Waals surface area contributed by atoms with Crippen LogP contribution >= 0.6 is 0 Å². The molecule has 9 heteroatoms. The SMILES string of the molecule is O=C[C@@H](Nc1ccc2cc(-c3ccccn3)c(=O)oc2c1)[C@H](O)[C@@H](O)[C@@H](O)CO. The number of aliphatic hydroxyl groups is 4. The second-order valence-corrected chi connectivity index (χ2v) is 6.45. The van der Waals surface area contributed by atoms with E-state index in [-0.39, 0.29) is 5.58 Å². The van der Waals surface area contributed by atoms with E-state index in [9.17, 15) is 24.9 Å². The third-order valence-corrected chi connectivity index (χ3v) is 4.46. The highest BCUT2D eigenvalue weighted by atomic mass is 16.4. The molecule has 1 aromatic carbocycles. The van der Waals surface area contributed by atoms with Crippen molar-refractivity contribution in [2.45, 2.75) is 24.4 Å². The molecule has 152 valence electrons. The van der Waals surface area contributed by atoms with E-state index in [2.05, 4.69) is 10.3 Å². The van der Waals surface area contributed by atoms with Crippen molar-refractivity contribution in [3.8, 4) is 11.3 Å². The van der Waals surface area contributed by atoms with Crippen molar-refractivity contribution in [3.05, 3.63) is 59.1 Å². The molecule has 0 bridgehead atoms. The lowest BCUT2D eigenvalue weighted by atomic mass is 10.0. The van der Waals surface area contributed by atoms with Crippen molar-refractivity contribution >= 4 is 22.9 Å². The van der Waals surface area contributed by atoms with Gasteiger partial charge >= 0.3 is 5.63 Å². The van der Waals surface area contributed by atoms with Crippen LogP contribution in [0.1, 0.15) is 0 Å². The van der Waals surface area contributed by atoms with Gasteiger partial charge in [0.15, 0.2) is 0 Å². The van der Waals surface area contributed by atoms with Gasteiger partial charge in [0.25, 0.3) is 0 Å². The minimum absolute atomic E-state index is 0.245. The maximum absolute atomic E-state index is 12.3. The Balaban J connectivity index is 1.88. The van der Waals surface area contributed by atoms with Crippen molar-refractivity contribution in [2.75, 3.05) is 11.9 Å². The topological polar surface area (TPSA) is 153 Å². The molecule has 0 aliphatic carbocycles. The Morgan fingerprint density at radius 3 is 2.55 bits per heavy atom. The van der Waals surface area contributed by atoms with Crippen LogP contribution in [0, 0.1) is 0 Å². The van der Waals surface area contributed by atoms with Gasteiger partial charge in [0.05, 0.1) is 17.9 Å². The first-order valence-corrected chi connectivity index (χ1v) is 8.81. The Morgan fingerprint density at radius 1 is 1.10 bits per heavy atom. The van der Waals surface area contributed by atoms with Crippen LogP contribution in [0.15, 0.2) is 57.9 Å². The zero-order valence-electron chi connectivity index (χ0n) is 15.2. The largest absolute Gasteiger partial charge is 0.422 e. The van der Waals surface area contributed by atoms with E-state index in [1.54, 1.807) is 42.6 Å². The third kappa shape index (κ3) is 4.49. The molecule has 0 aliphatic rings. The molecule has 3 rings (SSSR count). The van der Waals surface area contributed by atoms with E-state index >= 15 is 0 Å². The number of fused-ring (bicyclic) bond motifs is 1. The van der Waals surface area contributed by atoms with Gasteiger partial charge in [-0.05, 0) is 30.3 Å². The van der Waals surface area contributed by atoms with Crippen molar-refractivity contribution in [1.29, 1.82) is 0 Å². The lowest BCUT2D eigenvalue weighted by molar-refractivity contribution is -0.117. The summed E-state index contributed by atoms with van der Waals surface area (Å²) in [6.07, 6.45) is -3.08. The Morgan fingerprint density at radius 2 is 1.90 bits per heavy atom. The highest BCUT2D eigenvalue weighted by Gasteiger charge is 2.31. The molecule has 4 atom stereocenters. The zero-order chi connectivity index (χ0) is 21.0. The highest BCUT2D eigenvalue weighted by Crippen LogP contribution is 2.23. The number of benzene rings is 1. The summed E-state index contributed by atoms with van der Waals surface area (Å²) in [5, 5.41) is 41.5. The molecule has 0 fully saturated rings. The fourth-order valence-electron chi connectivity index (χ4n) is 2.84. The quantitative estimate of drug-likeness (QED) is 0.258. The number of hydrogen-bond acceptors (Lipinski definition) is 9. The Hall–Kier alpha value is -3.11. The molecular weight excluding hydrogens is 380 g/mol. The maximum atomic E-state index is 12.3. The molecular formula is C20H20N2O7. The molecule has 0 saturated carbocycles. The Labute approximate surface area is 164 Å². The normalized spacial score (nSPS) is 15.4. The molecule has 0 saturated heterocycles. The summed E-state index contributed by atoms with van der Waals surface area (Å²) in [7, 11) is 0. The first-order chi connectivity index (χ1) is 13.9. The average molecular weight is 400 g/mol. The van der Waals surface area contributed by atoms with Crippen LogP contribution in [-0.2, 0) is 4.79 Å². The smallest absolute Gasteiger partial charge is 0.345 e. The minimum atomic E-state index is -1.73. The number of aliphatic hydroxyl groups excluding tert-OH is 4. The maximum Gasteiger partial charge on any atom is 0.345 e. The number of carbonyl (C=O) groups excluding carboxylic acids is 1. The van der Waals surface area contributed by atoms with E-state index in [0.717, 1.165) is 0 Å². The predicted molar refractivity (Wildman–Crippen MR) is 104 cm³/mol. The Kier molecular flexibility index (Phi) is 6.35. The number of aromatic nitrogens is 1. The van der Waals surface area contributed by atoms with Crippen molar-refractivity contribution in [2.24, 2.45) is 0 Å². The predicted octanol–water partition coefficient (Wildman–Crippen LogP) is -0.0906. The first-order valence-electron chi connectivity index (χ1n) is 8.81.